The fourth-order valence-corrected chi connectivity index (χ4v) is 1.41. The molecule has 0 aromatic heterocycles. The summed E-state index contributed by atoms with van der Waals surface area (Å²) in [5.74, 6) is -0.484. The Balaban J connectivity index is 2.22. The lowest BCUT2D eigenvalue weighted by Gasteiger charge is -2.13. The summed E-state index contributed by atoms with van der Waals surface area (Å²) in [6.45, 7) is 1.62. The van der Waals surface area contributed by atoms with Gasteiger partial charge < -0.3 is 14.9 Å². The van der Waals surface area contributed by atoms with Crippen molar-refractivity contribution < 1.29 is 19.7 Å². The van der Waals surface area contributed by atoms with E-state index in [9.17, 15) is 9.90 Å². The molecular formula is C12H18O4. The second kappa shape index (κ2) is 6.58. The van der Waals surface area contributed by atoms with Crippen LogP contribution in [0.5, 0.6) is 0 Å². The van der Waals surface area contributed by atoms with Gasteiger partial charge in [-0.05, 0) is 25.3 Å². The molecule has 1 aliphatic carbocycles. The van der Waals surface area contributed by atoms with Crippen molar-refractivity contribution in [2.24, 2.45) is 0 Å². The van der Waals surface area contributed by atoms with Crippen LogP contribution in [0.25, 0.3) is 0 Å². The number of ketones is 1. The molecule has 0 aliphatic heterocycles. The van der Waals surface area contributed by atoms with Crippen molar-refractivity contribution in [3.8, 4) is 0 Å². The molecule has 16 heavy (non-hydrogen) atoms. The molecule has 0 bridgehead atoms. The predicted octanol–water partition coefficient (Wildman–Crippen LogP) is 0.590. The van der Waals surface area contributed by atoms with Gasteiger partial charge in [0.15, 0.2) is 5.78 Å². The molecule has 1 rings (SSSR count). The lowest BCUT2D eigenvalue weighted by molar-refractivity contribution is -0.136. The Hall–Kier alpha value is -0.970. The summed E-state index contributed by atoms with van der Waals surface area (Å²) >= 11 is 0. The molecule has 0 saturated carbocycles. The molecule has 0 radical (unpaired) electrons. The minimum Gasteiger partial charge on any atom is -0.390 e. The van der Waals surface area contributed by atoms with E-state index in [1.165, 1.54) is 6.92 Å². The zero-order valence-electron chi connectivity index (χ0n) is 9.43. The lowest BCUT2D eigenvalue weighted by Crippen LogP contribution is -2.34. The lowest BCUT2D eigenvalue weighted by atomic mass is 10.1. The van der Waals surface area contributed by atoms with Gasteiger partial charge in [0.1, 0.15) is 12.7 Å². The molecule has 0 saturated heterocycles. The topological polar surface area (TPSA) is 66.8 Å². The van der Waals surface area contributed by atoms with Gasteiger partial charge in [0.05, 0.1) is 12.7 Å². The quantitative estimate of drug-likeness (QED) is 0.695. The third-order valence-electron chi connectivity index (χ3n) is 2.42. The first-order valence-corrected chi connectivity index (χ1v) is 5.42. The molecule has 0 aromatic rings. The Morgan fingerprint density at radius 1 is 1.56 bits per heavy atom. The van der Waals surface area contributed by atoms with E-state index < -0.39 is 18.0 Å². The average Bonchev–Trinajstić information content (AvgIpc) is 2.29. The second-order valence-electron chi connectivity index (χ2n) is 3.94. The van der Waals surface area contributed by atoms with Crippen LogP contribution in [0.2, 0.25) is 0 Å². The van der Waals surface area contributed by atoms with Crippen LogP contribution in [0.3, 0.4) is 0 Å². The molecule has 0 amide bonds. The van der Waals surface area contributed by atoms with E-state index in [-0.39, 0.29) is 6.61 Å². The molecule has 0 aromatic carbocycles. The Bertz CT molecular complexity index is 291. The standard InChI is InChI=1S/C12H18O4/c1-9(13)12(15)11(14)8-16-7-10-5-3-2-4-6-10/h2-3,5,9,12-13,15H,4,6-8H2,1H3. The van der Waals surface area contributed by atoms with Crippen LogP contribution >= 0.6 is 0 Å². The largest absolute Gasteiger partial charge is 0.390 e. The predicted molar refractivity (Wildman–Crippen MR) is 60.0 cm³/mol. The van der Waals surface area contributed by atoms with Gasteiger partial charge >= 0.3 is 0 Å². The van der Waals surface area contributed by atoms with Gasteiger partial charge in [0.25, 0.3) is 0 Å². The molecule has 0 spiro atoms. The molecule has 2 unspecified atom stereocenters. The van der Waals surface area contributed by atoms with E-state index >= 15 is 0 Å². The highest BCUT2D eigenvalue weighted by atomic mass is 16.5. The molecule has 0 heterocycles. The number of carbonyl (C=O) groups excluding carboxylic acids is 1. The Kier molecular flexibility index (Phi) is 5.38. The number of ether oxygens (including phenoxy) is 1. The van der Waals surface area contributed by atoms with Crippen molar-refractivity contribution in [2.45, 2.75) is 32.0 Å². The summed E-state index contributed by atoms with van der Waals surface area (Å²) in [5.41, 5.74) is 1.14. The third kappa shape index (κ3) is 4.26. The molecule has 90 valence electrons. The van der Waals surface area contributed by atoms with E-state index in [0.29, 0.717) is 6.61 Å². The molecular weight excluding hydrogens is 208 g/mol. The van der Waals surface area contributed by atoms with Crippen LogP contribution in [0.15, 0.2) is 23.8 Å². The van der Waals surface area contributed by atoms with Crippen molar-refractivity contribution >= 4 is 5.78 Å². The van der Waals surface area contributed by atoms with Crippen molar-refractivity contribution in [3.63, 3.8) is 0 Å². The normalized spacial score (nSPS) is 19.1. The minimum atomic E-state index is -1.35. The molecule has 1 aliphatic rings. The summed E-state index contributed by atoms with van der Waals surface area (Å²) in [7, 11) is 0. The number of allylic oxidation sites excluding steroid dienone is 3. The highest BCUT2D eigenvalue weighted by molar-refractivity contribution is 5.84. The molecule has 4 nitrogen and oxygen atoms in total. The SMILES string of the molecule is CC(O)C(O)C(=O)COCC1=CC=CCC1. The number of aliphatic hydroxyl groups excluding tert-OH is 2. The summed E-state index contributed by atoms with van der Waals surface area (Å²) < 4.78 is 5.18. The van der Waals surface area contributed by atoms with Crippen LogP contribution in [0.4, 0.5) is 0 Å². The van der Waals surface area contributed by atoms with Crippen LogP contribution < -0.4 is 0 Å². The first-order chi connectivity index (χ1) is 7.61. The molecule has 4 heteroatoms. The minimum absolute atomic E-state index is 0.160. The Labute approximate surface area is 95.2 Å². The number of carbonyl (C=O) groups is 1. The van der Waals surface area contributed by atoms with Crippen molar-refractivity contribution in [2.75, 3.05) is 13.2 Å². The number of hydrogen-bond acceptors (Lipinski definition) is 4. The monoisotopic (exact) mass is 226 g/mol. The number of Topliss-reactive ketones (excluding diaryl/α,β-unsaturated/α-hetero) is 1. The van der Waals surface area contributed by atoms with Crippen molar-refractivity contribution in [1.82, 2.24) is 0 Å². The first-order valence-electron chi connectivity index (χ1n) is 5.42. The van der Waals surface area contributed by atoms with E-state index in [2.05, 4.69) is 6.08 Å². The molecule has 0 fully saturated rings. The molecule has 2 N–H and O–H groups in total. The average molecular weight is 226 g/mol. The number of rotatable bonds is 6. The second-order valence-corrected chi connectivity index (χ2v) is 3.94. The van der Waals surface area contributed by atoms with Gasteiger partial charge in [0.2, 0.25) is 0 Å². The van der Waals surface area contributed by atoms with E-state index in [0.717, 1.165) is 18.4 Å². The van der Waals surface area contributed by atoms with E-state index in [4.69, 9.17) is 9.84 Å². The maximum absolute atomic E-state index is 11.3. The Morgan fingerprint density at radius 3 is 2.88 bits per heavy atom. The smallest absolute Gasteiger partial charge is 0.189 e. The highest BCUT2D eigenvalue weighted by Crippen LogP contribution is 2.11. The third-order valence-corrected chi connectivity index (χ3v) is 2.42. The zero-order chi connectivity index (χ0) is 12.0. The summed E-state index contributed by atoms with van der Waals surface area (Å²) in [6.07, 6.45) is 5.57. The highest BCUT2D eigenvalue weighted by Gasteiger charge is 2.20. The molecule has 2 atom stereocenters. The maximum atomic E-state index is 11.3. The zero-order valence-corrected chi connectivity index (χ0v) is 9.43. The van der Waals surface area contributed by atoms with Gasteiger partial charge in [-0.25, -0.2) is 0 Å². The fourth-order valence-electron chi connectivity index (χ4n) is 1.41. The Morgan fingerprint density at radius 2 is 2.31 bits per heavy atom. The van der Waals surface area contributed by atoms with Gasteiger partial charge in [-0.3, -0.25) is 4.79 Å². The summed E-state index contributed by atoms with van der Waals surface area (Å²) in [4.78, 5) is 11.3. The van der Waals surface area contributed by atoms with Crippen molar-refractivity contribution in [1.29, 1.82) is 0 Å². The van der Waals surface area contributed by atoms with Crippen LogP contribution in [-0.4, -0.2) is 41.4 Å². The van der Waals surface area contributed by atoms with E-state index in [1.54, 1.807) is 0 Å². The number of hydrogen-bond donors (Lipinski definition) is 2. The van der Waals surface area contributed by atoms with Gasteiger partial charge in [-0.2, -0.15) is 0 Å². The van der Waals surface area contributed by atoms with Crippen LogP contribution in [-0.2, 0) is 9.53 Å². The first kappa shape index (κ1) is 13.1. The summed E-state index contributed by atoms with van der Waals surface area (Å²) in [5, 5.41) is 18.2. The van der Waals surface area contributed by atoms with Crippen LogP contribution in [0, 0.1) is 0 Å². The van der Waals surface area contributed by atoms with Gasteiger partial charge in [0, 0.05) is 0 Å². The van der Waals surface area contributed by atoms with Crippen molar-refractivity contribution in [3.05, 3.63) is 23.8 Å². The summed E-state index contributed by atoms with van der Waals surface area (Å²) in [6, 6.07) is 0. The maximum Gasteiger partial charge on any atom is 0.189 e. The van der Waals surface area contributed by atoms with Gasteiger partial charge in [-0.15, -0.1) is 0 Å². The van der Waals surface area contributed by atoms with Gasteiger partial charge in [-0.1, -0.05) is 18.2 Å². The van der Waals surface area contributed by atoms with Crippen LogP contribution in [0.1, 0.15) is 19.8 Å². The number of aliphatic hydroxyl groups is 2. The fraction of sp³-hybridized carbons (Fsp3) is 0.583. The van der Waals surface area contributed by atoms with E-state index in [1.807, 2.05) is 12.2 Å².